The summed E-state index contributed by atoms with van der Waals surface area (Å²) in [6, 6.07) is 6.50. The minimum atomic E-state index is -0.542. The average molecular weight is 303 g/mol. The topological polar surface area (TPSA) is 41.3 Å². The van der Waals surface area contributed by atoms with Gasteiger partial charge in [-0.2, -0.15) is 5.10 Å². The monoisotopic (exact) mass is 303 g/mol. The number of likely N-dealkylation sites (tertiary alicyclic amines) is 1. The maximum absolute atomic E-state index is 13.0. The van der Waals surface area contributed by atoms with Crippen LogP contribution >= 0.6 is 0 Å². The van der Waals surface area contributed by atoms with Crippen LogP contribution in [0.2, 0.25) is 0 Å². The summed E-state index contributed by atoms with van der Waals surface area (Å²) in [6.45, 7) is 1.92. The molecule has 1 aliphatic heterocycles. The molecule has 0 amide bonds. The second-order valence-electron chi connectivity index (χ2n) is 6.09. The van der Waals surface area contributed by atoms with Gasteiger partial charge in [-0.1, -0.05) is 12.1 Å². The lowest BCUT2D eigenvalue weighted by Gasteiger charge is -2.26. The van der Waals surface area contributed by atoms with E-state index in [0.29, 0.717) is 12.5 Å². The number of aliphatic hydroxyl groups is 1. The Kier molecular flexibility index (Phi) is 4.55. The van der Waals surface area contributed by atoms with Crippen molar-refractivity contribution in [2.24, 2.45) is 7.05 Å². The molecule has 2 unspecified atom stereocenters. The van der Waals surface area contributed by atoms with Crippen LogP contribution in [0, 0.1) is 5.82 Å². The van der Waals surface area contributed by atoms with Gasteiger partial charge in [0.1, 0.15) is 5.82 Å². The van der Waals surface area contributed by atoms with Crippen molar-refractivity contribution in [1.29, 1.82) is 0 Å². The normalized spacial score (nSPS) is 20.4. The molecule has 3 rings (SSSR count). The molecule has 0 aliphatic carbocycles. The molecule has 0 spiro atoms. The van der Waals surface area contributed by atoms with E-state index in [1.165, 1.54) is 17.7 Å². The van der Waals surface area contributed by atoms with E-state index in [1.807, 2.05) is 24.1 Å². The molecule has 1 N–H and O–H groups in total. The fraction of sp³-hybridized carbons (Fsp3) is 0.471. The first-order chi connectivity index (χ1) is 10.6. The molecule has 4 nitrogen and oxygen atoms in total. The third-order valence-electron chi connectivity index (χ3n) is 4.39. The zero-order valence-corrected chi connectivity index (χ0v) is 12.8. The lowest BCUT2D eigenvalue weighted by molar-refractivity contribution is 0.118. The maximum atomic E-state index is 13.0. The zero-order chi connectivity index (χ0) is 15.5. The molecule has 1 aromatic heterocycles. The van der Waals surface area contributed by atoms with Crippen molar-refractivity contribution in [2.75, 3.05) is 6.54 Å². The average Bonchev–Trinajstić information content (AvgIpc) is 3.10. The number of halogens is 1. The van der Waals surface area contributed by atoms with E-state index in [1.54, 1.807) is 12.1 Å². The summed E-state index contributed by atoms with van der Waals surface area (Å²) < 4.78 is 14.8. The summed E-state index contributed by atoms with van der Waals surface area (Å²) in [5.41, 5.74) is 1.99. The largest absolute Gasteiger partial charge is 0.388 e. The third kappa shape index (κ3) is 3.54. The second kappa shape index (κ2) is 6.58. The predicted octanol–water partition coefficient (Wildman–Crippen LogP) is 2.65. The van der Waals surface area contributed by atoms with Crippen molar-refractivity contribution >= 4 is 0 Å². The summed E-state index contributed by atoms with van der Waals surface area (Å²) in [5, 5.41) is 14.6. The lowest BCUT2D eigenvalue weighted by Crippen LogP contribution is -2.30. The zero-order valence-electron chi connectivity index (χ0n) is 12.8. The molecule has 1 aromatic carbocycles. The highest BCUT2D eigenvalue weighted by Crippen LogP contribution is 2.28. The van der Waals surface area contributed by atoms with Crippen LogP contribution < -0.4 is 0 Å². The molecule has 22 heavy (non-hydrogen) atoms. The number of hydrogen-bond donors (Lipinski definition) is 1. The number of aryl methyl sites for hydroxylation is 1. The quantitative estimate of drug-likeness (QED) is 0.923. The summed E-state index contributed by atoms with van der Waals surface area (Å²) in [7, 11) is 1.92. The second-order valence-corrected chi connectivity index (χ2v) is 6.09. The van der Waals surface area contributed by atoms with Gasteiger partial charge in [-0.25, -0.2) is 4.39 Å². The van der Waals surface area contributed by atoms with E-state index in [-0.39, 0.29) is 5.82 Å². The van der Waals surface area contributed by atoms with Crippen LogP contribution in [0.15, 0.2) is 36.7 Å². The Bertz CT molecular complexity index is 611. The molecule has 2 aromatic rings. The van der Waals surface area contributed by atoms with Gasteiger partial charge in [0.05, 0.1) is 12.3 Å². The standard InChI is InChI=1S/C17H22FN3O/c1-20-11-13(10-19-20)12-21-8-2-3-16(21)9-17(22)14-4-6-15(18)7-5-14/h4-7,10-11,16-17,22H,2-3,8-9,12H2,1H3. The lowest BCUT2D eigenvalue weighted by atomic mass is 10.0. The van der Waals surface area contributed by atoms with E-state index in [9.17, 15) is 9.50 Å². The van der Waals surface area contributed by atoms with E-state index in [4.69, 9.17) is 0 Å². The van der Waals surface area contributed by atoms with Crippen LogP contribution in [0.4, 0.5) is 4.39 Å². The molecule has 2 atom stereocenters. The van der Waals surface area contributed by atoms with Crippen molar-refractivity contribution < 1.29 is 9.50 Å². The van der Waals surface area contributed by atoms with Crippen molar-refractivity contribution in [3.8, 4) is 0 Å². The smallest absolute Gasteiger partial charge is 0.123 e. The predicted molar refractivity (Wildman–Crippen MR) is 82.6 cm³/mol. The molecule has 0 radical (unpaired) electrons. The third-order valence-corrected chi connectivity index (χ3v) is 4.39. The number of nitrogens with zero attached hydrogens (tertiary/aromatic N) is 3. The number of benzene rings is 1. The summed E-state index contributed by atoms with van der Waals surface area (Å²) >= 11 is 0. The SMILES string of the molecule is Cn1cc(CN2CCCC2CC(O)c2ccc(F)cc2)cn1. The van der Waals surface area contributed by atoms with Crippen LogP contribution in [0.3, 0.4) is 0 Å². The maximum Gasteiger partial charge on any atom is 0.123 e. The number of aromatic nitrogens is 2. The molecule has 1 saturated heterocycles. The molecule has 5 heteroatoms. The van der Waals surface area contributed by atoms with E-state index < -0.39 is 6.10 Å². The summed E-state index contributed by atoms with van der Waals surface area (Å²) in [5.74, 6) is -0.268. The van der Waals surface area contributed by atoms with Crippen molar-refractivity contribution in [3.63, 3.8) is 0 Å². The molecule has 1 fully saturated rings. The fourth-order valence-electron chi connectivity index (χ4n) is 3.24. The molecule has 0 saturated carbocycles. The molecule has 2 heterocycles. The van der Waals surface area contributed by atoms with E-state index >= 15 is 0 Å². The number of rotatable bonds is 5. The first kappa shape index (κ1) is 15.2. The van der Waals surface area contributed by atoms with Crippen molar-refractivity contribution in [3.05, 3.63) is 53.6 Å². The minimum Gasteiger partial charge on any atom is -0.388 e. The van der Waals surface area contributed by atoms with Crippen molar-refractivity contribution in [1.82, 2.24) is 14.7 Å². The Labute approximate surface area is 130 Å². The van der Waals surface area contributed by atoms with Gasteiger partial charge in [-0.15, -0.1) is 0 Å². The first-order valence-electron chi connectivity index (χ1n) is 7.77. The Balaban J connectivity index is 1.61. The molecule has 118 valence electrons. The van der Waals surface area contributed by atoms with Gasteiger partial charge in [0.25, 0.3) is 0 Å². The minimum absolute atomic E-state index is 0.268. The van der Waals surface area contributed by atoms with E-state index in [0.717, 1.165) is 31.5 Å². The van der Waals surface area contributed by atoms with Crippen LogP contribution in [0.1, 0.15) is 36.5 Å². The molecular formula is C17H22FN3O. The Hall–Kier alpha value is -1.72. The van der Waals surface area contributed by atoms with Gasteiger partial charge in [-0.3, -0.25) is 9.58 Å². The van der Waals surface area contributed by atoms with Crippen LogP contribution in [0.5, 0.6) is 0 Å². The summed E-state index contributed by atoms with van der Waals surface area (Å²) in [6.07, 6.45) is 6.32. The molecule has 0 bridgehead atoms. The first-order valence-corrected chi connectivity index (χ1v) is 7.77. The fourth-order valence-corrected chi connectivity index (χ4v) is 3.24. The highest BCUT2D eigenvalue weighted by Gasteiger charge is 2.27. The van der Waals surface area contributed by atoms with Gasteiger partial charge in [0, 0.05) is 31.4 Å². The Morgan fingerprint density at radius 1 is 1.36 bits per heavy atom. The van der Waals surface area contributed by atoms with Crippen LogP contribution in [0.25, 0.3) is 0 Å². The highest BCUT2D eigenvalue weighted by molar-refractivity contribution is 5.18. The van der Waals surface area contributed by atoms with E-state index in [2.05, 4.69) is 10.00 Å². The molecular weight excluding hydrogens is 281 g/mol. The van der Waals surface area contributed by atoms with Gasteiger partial charge in [0.2, 0.25) is 0 Å². The summed E-state index contributed by atoms with van der Waals surface area (Å²) in [4.78, 5) is 2.41. The number of hydrogen-bond acceptors (Lipinski definition) is 3. The van der Waals surface area contributed by atoms with Gasteiger partial charge >= 0.3 is 0 Å². The highest BCUT2D eigenvalue weighted by atomic mass is 19.1. The van der Waals surface area contributed by atoms with Gasteiger partial charge in [0.15, 0.2) is 0 Å². The Morgan fingerprint density at radius 2 is 2.14 bits per heavy atom. The molecule has 1 aliphatic rings. The van der Waals surface area contributed by atoms with Crippen LogP contribution in [-0.2, 0) is 13.6 Å². The van der Waals surface area contributed by atoms with Crippen molar-refractivity contribution in [2.45, 2.75) is 38.0 Å². The Morgan fingerprint density at radius 3 is 2.82 bits per heavy atom. The number of aliphatic hydroxyl groups excluding tert-OH is 1. The van der Waals surface area contributed by atoms with Gasteiger partial charge < -0.3 is 5.11 Å². The van der Waals surface area contributed by atoms with Gasteiger partial charge in [-0.05, 0) is 43.5 Å². The van der Waals surface area contributed by atoms with Crippen LogP contribution in [-0.4, -0.2) is 32.4 Å².